The summed E-state index contributed by atoms with van der Waals surface area (Å²) in [4.78, 5) is 15.8. The van der Waals surface area contributed by atoms with Gasteiger partial charge in [-0.25, -0.2) is 4.98 Å². The van der Waals surface area contributed by atoms with Crippen LogP contribution in [-0.4, -0.2) is 19.5 Å². The molecule has 11 rings (SSSR count). The Kier molecular flexibility index (Phi) is 6.18. The maximum atomic E-state index is 6.48. The zero-order valence-corrected chi connectivity index (χ0v) is 27.9. The third-order valence-corrected chi connectivity index (χ3v) is 10.2. The average molecular weight is 665 g/mol. The van der Waals surface area contributed by atoms with Gasteiger partial charge in [0.15, 0.2) is 11.6 Å². The SMILES string of the molecule is c1ccc(-c2ccc(-c3nc(-c4cccc5oc6cc7ccccc7cc6c45)nc(-n4c5ccccc5c5c6ccccc6ccc54)n3)cc2)cc1. The first-order valence-corrected chi connectivity index (χ1v) is 17.4. The van der Waals surface area contributed by atoms with E-state index in [4.69, 9.17) is 19.4 Å². The van der Waals surface area contributed by atoms with Gasteiger partial charge in [0.2, 0.25) is 5.95 Å². The number of nitrogens with zero attached hydrogens (tertiary/aromatic N) is 4. The van der Waals surface area contributed by atoms with Crippen molar-refractivity contribution in [1.82, 2.24) is 19.5 Å². The summed E-state index contributed by atoms with van der Waals surface area (Å²) in [6, 6.07) is 59.2. The molecule has 0 N–H and O–H groups in total. The third-order valence-electron chi connectivity index (χ3n) is 10.2. The predicted molar refractivity (Wildman–Crippen MR) is 213 cm³/mol. The summed E-state index contributed by atoms with van der Waals surface area (Å²) in [5.41, 5.74) is 7.80. The lowest BCUT2D eigenvalue weighted by Crippen LogP contribution is -2.06. The van der Waals surface area contributed by atoms with Crippen LogP contribution in [0.25, 0.3) is 105 Å². The van der Waals surface area contributed by atoms with Gasteiger partial charge in [-0.1, -0.05) is 140 Å². The molecule has 0 fully saturated rings. The van der Waals surface area contributed by atoms with E-state index in [1.165, 1.54) is 16.2 Å². The van der Waals surface area contributed by atoms with E-state index in [0.717, 1.165) is 71.4 Å². The second kappa shape index (κ2) is 11.2. The molecule has 0 spiro atoms. The van der Waals surface area contributed by atoms with Crippen LogP contribution in [0.3, 0.4) is 0 Å². The van der Waals surface area contributed by atoms with Crippen molar-refractivity contribution in [3.63, 3.8) is 0 Å². The number of fused-ring (bicyclic) bond motifs is 9. The highest BCUT2D eigenvalue weighted by Gasteiger charge is 2.21. The standard InChI is InChI=1S/C47H28N4O/c1-2-11-29(12-3-1)30-21-23-32(24-22-30)45-48-46(37-18-10-20-41-44(37)38-27-33-14-4-5-15-34(33)28-42(38)52-41)50-47(49-45)51-39-19-9-8-17-36(39)43-35-16-7-6-13-31(35)25-26-40(43)51/h1-28H. The van der Waals surface area contributed by atoms with Crippen molar-refractivity contribution in [2.45, 2.75) is 0 Å². The fraction of sp³-hybridized carbons (Fsp3) is 0. The summed E-state index contributed by atoms with van der Waals surface area (Å²) in [6.07, 6.45) is 0. The molecule has 3 heterocycles. The third kappa shape index (κ3) is 4.39. The van der Waals surface area contributed by atoms with Crippen molar-refractivity contribution < 1.29 is 4.42 Å². The summed E-state index contributed by atoms with van der Waals surface area (Å²) in [7, 11) is 0. The molecule has 8 aromatic carbocycles. The minimum absolute atomic E-state index is 0.559. The molecule has 0 saturated carbocycles. The monoisotopic (exact) mass is 664 g/mol. The Labute approximate surface area is 298 Å². The van der Waals surface area contributed by atoms with Gasteiger partial charge in [-0.15, -0.1) is 0 Å². The van der Waals surface area contributed by atoms with Crippen molar-refractivity contribution in [1.29, 1.82) is 0 Å². The van der Waals surface area contributed by atoms with Gasteiger partial charge < -0.3 is 4.42 Å². The number of benzene rings is 8. The Morgan fingerprint density at radius 2 is 1.06 bits per heavy atom. The van der Waals surface area contributed by atoms with E-state index < -0.39 is 0 Å². The van der Waals surface area contributed by atoms with E-state index in [-0.39, 0.29) is 0 Å². The molecule has 0 aliphatic heterocycles. The molecule has 0 atom stereocenters. The molecule has 52 heavy (non-hydrogen) atoms. The molecule has 3 aromatic heterocycles. The fourth-order valence-corrected chi connectivity index (χ4v) is 7.81. The van der Waals surface area contributed by atoms with Crippen molar-refractivity contribution in [2.24, 2.45) is 0 Å². The highest BCUT2D eigenvalue weighted by molar-refractivity contribution is 6.21. The zero-order chi connectivity index (χ0) is 34.2. The number of hydrogen-bond donors (Lipinski definition) is 0. The summed E-state index contributed by atoms with van der Waals surface area (Å²) < 4.78 is 8.66. The highest BCUT2D eigenvalue weighted by atomic mass is 16.3. The lowest BCUT2D eigenvalue weighted by atomic mass is 10.0. The first kappa shape index (κ1) is 28.7. The van der Waals surface area contributed by atoms with Crippen LogP contribution >= 0.6 is 0 Å². The van der Waals surface area contributed by atoms with Gasteiger partial charge >= 0.3 is 0 Å². The number of hydrogen-bond acceptors (Lipinski definition) is 4. The second-order valence-electron chi connectivity index (χ2n) is 13.2. The smallest absolute Gasteiger partial charge is 0.238 e. The molecule has 0 amide bonds. The van der Waals surface area contributed by atoms with E-state index in [2.05, 4.69) is 156 Å². The lowest BCUT2D eigenvalue weighted by molar-refractivity contribution is 0.669. The predicted octanol–water partition coefficient (Wildman–Crippen LogP) is 12.2. The molecule has 5 nitrogen and oxygen atoms in total. The average Bonchev–Trinajstić information content (AvgIpc) is 3.75. The van der Waals surface area contributed by atoms with Crippen LogP contribution < -0.4 is 0 Å². The van der Waals surface area contributed by atoms with Crippen LogP contribution in [-0.2, 0) is 0 Å². The quantitative estimate of drug-likeness (QED) is 0.188. The Hall–Kier alpha value is -7.11. The molecule has 11 aromatic rings. The molecule has 0 radical (unpaired) electrons. The molecule has 0 bridgehead atoms. The molecule has 0 aliphatic carbocycles. The summed E-state index contributed by atoms with van der Waals surface area (Å²) >= 11 is 0. The van der Waals surface area contributed by atoms with Gasteiger partial charge in [0.1, 0.15) is 11.2 Å². The molecule has 0 unspecified atom stereocenters. The van der Waals surface area contributed by atoms with Gasteiger partial charge in [0.25, 0.3) is 0 Å². The van der Waals surface area contributed by atoms with Crippen LogP contribution in [0.1, 0.15) is 0 Å². The molecular weight excluding hydrogens is 637 g/mol. The van der Waals surface area contributed by atoms with Crippen LogP contribution in [0.2, 0.25) is 0 Å². The van der Waals surface area contributed by atoms with Gasteiger partial charge in [-0.05, 0) is 63.0 Å². The molecule has 5 heteroatoms. The molecule has 0 aliphatic rings. The lowest BCUT2D eigenvalue weighted by Gasteiger charge is -2.12. The number of furan rings is 1. The van der Waals surface area contributed by atoms with E-state index in [1.807, 2.05) is 18.2 Å². The van der Waals surface area contributed by atoms with Gasteiger partial charge in [0, 0.05) is 32.7 Å². The first-order valence-electron chi connectivity index (χ1n) is 17.4. The Morgan fingerprint density at radius 3 is 1.90 bits per heavy atom. The van der Waals surface area contributed by atoms with Gasteiger partial charge in [-0.3, -0.25) is 4.57 Å². The van der Waals surface area contributed by atoms with E-state index in [1.54, 1.807) is 0 Å². The van der Waals surface area contributed by atoms with Crippen LogP contribution in [0.15, 0.2) is 174 Å². The molecule has 242 valence electrons. The normalized spacial score (nSPS) is 11.8. The van der Waals surface area contributed by atoms with E-state index in [0.29, 0.717) is 17.6 Å². The van der Waals surface area contributed by atoms with Crippen molar-refractivity contribution in [3.05, 3.63) is 170 Å². The maximum Gasteiger partial charge on any atom is 0.238 e. The van der Waals surface area contributed by atoms with Gasteiger partial charge in [0.05, 0.1) is 11.0 Å². The number of aromatic nitrogens is 4. The summed E-state index contributed by atoms with van der Waals surface area (Å²) in [5, 5.41) is 9.03. The van der Waals surface area contributed by atoms with Crippen LogP contribution in [0, 0.1) is 0 Å². The largest absolute Gasteiger partial charge is 0.456 e. The summed E-state index contributed by atoms with van der Waals surface area (Å²) in [5.74, 6) is 1.74. The van der Waals surface area contributed by atoms with Crippen LogP contribution in [0.5, 0.6) is 0 Å². The summed E-state index contributed by atoms with van der Waals surface area (Å²) in [6.45, 7) is 0. The Morgan fingerprint density at radius 1 is 0.385 bits per heavy atom. The van der Waals surface area contributed by atoms with E-state index >= 15 is 0 Å². The van der Waals surface area contributed by atoms with Crippen LogP contribution in [0.4, 0.5) is 0 Å². The Balaban J connectivity index is 1.20. The highest BCUT2D eigenvalue weighted by Crippen LogP contribution is 2.40. The Bertz CT molecular complexity index is 3180. The van der Waals surface area contributed by atoms with Crippen molar-refractivity contribution in [3.8, 4) is 39.9 Å². The zero-order valence-electron chi connectivity index (χ0n) is 27.9. The van der Waals surface area contributed by atoms with Crippen molar-refractivity contribution >= 4 is 65.3 Å². The first-order chi connectivity index (χ1) is 25.8. The number of para-hydroxylation sites is 1. The topological polar surface area (TPSA) is 56.7 Å². The fourth-order valence-electron chi connectivity index (χ4n) is 7.81. The maximum absolute atomic E-state index is 6.48. The van der Waals surface area contributed by atoms with Crippen molar-refractivity contribution in [2.75, 3.05) is 0 Å². The molecule has 0 saturated heterocycles. The molecular formula is C47H28N4O. The van der Waals surface area contributed by atoms with E-state index in [9.17, 15) is 0 Å². The number of rotatable bonds is 4. The van der Waals surface area contributed by atoms with Gasteiger partial charge in [-0.2, -0.15) is 9.97 Å². The minimum atomic E-state index is 0.559. The second-order valence-corrected chi connectivity index (χ2v) is 13.2. The minimum Gasteiger partial charge on any atom is -0.456 e.